The van der Waals surface area contributed by atoms with Crippen molar-refractivity contribution in [1.29, 1.82) is 0 Å². The first-order valence-electron chi connectivity index (χ1n) is 5.92. The maximum atomic E-state index is 12.7. The Morgan fingerprint density at radius 3 is 2.35 bits per heavy atom. The van der Waals surface area contributed by atoms with Crippen LogP contribution in [0.25, 0.3) is 0 Å². The molecule has 0 aliphatic heterocycles. The van der Waals surface area contributed by atoms with E-state index in [2.05, 4.69) is 17.2 Å². The molecule has 5 heteroatoms. The minimum Gasteiger partial charge on any atom is -0.338 e. The zero-order valence-corrected chi connectivity index (χ0v) is 11.1. The number of nitrogens with one attached hydrogen (secondary N) is 2. The number of hydrogen-bond donors (Lipinski definition) is 2. The van der Waals surface area contributed by atoms with Gasteiger partial charge >= 0.3 is 6.03 Å². The van der Waals surface area contributed by atoms with Crippen LogP contribution in [0.3, 0.4) is 0 Å². The second-order valence-corrected chi connectivity index (χ2v) is 3.50. The Morgan fingerprint density at radius 1 is 1.47 bits per heavy atom. The molecule has 0 saturated carbocycles. The molecule has 102 valence electrons. The summed E-state index contributed by atoms with van der Waals surface area (Å²) in [4.78, 5) is 11.1. The summed E-state index contributed by atoms with van der Waals surface area (Å²) in [5.74, 6) is -2.78. The summed E-state index contributed by atoms with van der Waals surface area (Å²) in [6.45, 7) is 10.5. The number of rotatable bonds is 6. The molecule has 0 aliphatic rings. The number of urea groups is 1. The maximum Gasteiger partial charge on any atom is 0.315 e. The van der Waals surface area contributed by atoms with Crippen LogP contribution in [-0.2, 0) is 0 Å². The topological polar surface area (TPSA) is 41.1 Å². The van der Waals surface area contributed by atoms with Gasteiger partial charge in [-0.05, 0) is 20.3 Å². The number of amides is 2. The lowest BCUT2D eigenvalue weighted by atomic mass is 10.1. The zero-order valence-electron chi connectivity index (χ0n) is 11.1. The van der Waals surface area contributed by atoms with Crippen LogP contribution < -0.4 is 10.6 Å². The summed E-state index contributed by atoms with van der Waals surface area (Å²) in [6.07, 6.45) is 1.47. The molecule has 3 nitrogen and oxygen atoms in total. The fourth-order valence-corrected chi connectivity index (χ4v) is 1.22. The van der Waals surface area contributed by atoms with E-state index < -0.39 is 18.0 Å². The van der Waals surface area contributed by atoms with Gasteiger partial charge in [0.1, 0.15) is 0 Å². The highest BCUT2D eigenvalue weighted by Crippen LogP contribution is 2.20. The molecule has 0 rings (SSSR count). The van der Waals surface area contributed by atoms with Crippen LogP contribution in [0.15, 0.2) is 12.7 Å². The predicted molar refractivity (Wildman–Crippen MR) is 67.4 cm³/mol. The first-order chi connectivity index (χ1) is 7.89. The number of carbonyl (C=O) groups excluding carboxylic acids is 1. The summed E-state index contributed by atoms with van der Waals surface area (Å²) < 4.78 is 25.5. The lowest BCUT2D eigenvalue weighted by Crippen LogP contribution is -2.43. The zero-order chi connectivity index (χ0) is 13.9. The molecular formula is C12H24F2N2O. The predicted octanol–water partition coefficient (Wildman–Crippen LogP) is 3.32. The largest absolute Gasteiger partial charge is 0.338 e. The second kappa shape index (κ2) is 10.1. The standard InChI is InChI=1S/C10H18F2N2O.C2H6/c1-4-6-8(7-10(3,11)12)14-9(15)13-5-2;1-2/h4,8H,1,5-7H2,2-3H3,(H2,13,14,15);1-2H3. The number of halogens is 2. The van der Waals surface area contributed by atoms with E-state index in [0.29, 0.717) is 13.0 Å². The molecule has 17 heavy (non-hydrogen) atoms. The van der Waals surface area contributed by atoms with Crippen molar-refractivity contribution in [2.45, 2.75) is 52.5 Å². The molecule has 0 aromatic heterocycles. The van der Waals surface area contributed by atoms with Gasteiger partial charge in [-0.1, -0.05) is 19.9 Å². The monoisotopic (exact) mass is 250 g/mol. The average Bonchev–Trinajstić information content (AvgIpc) is 2.18. The molecule has 0 aromatic carbocycles. The van der Waals surface area contributed by atoms with Crippen molar-refractivity contribution >= 4 is 6.03 Å². The summed E-state index contributed by atoms with van der Waals surface area (Å²) in [5, 5.41) is 4.97. The van der Waals surface area contributed by atoms with Crippen LogP contribution in [0.1, 0.15) is 40.5 Å². The SMILES string of the molecule is C=CCC(CC(C)(F)F)NC(=O)NCC.CC. The van der Waals surface area contributed by atoms with E-state index >= 15 is 0 Å². The van der Waals surface area contributed by atoms with E-state index in [0.717, 1.165) is 6.92 Å². The molecule has 0 spiro atoms. The van der Waals surface area contributed by atoms with Crippen molar-refractivity contribution in [1.82, 2.24) is 10.6 Å². The van der Waals surface area contributed by atoms with Gasteiger partial charge < -0.3 is 10.6 Å². The molecule has 1 atom stereocenters. The van der Waals surface area contributed by atoms with E-state index in [-0.39, 0.29) is 6.42 Å². The lowest BCUT2D eigenvalue weighted by Gasteiger charge is -2.20. The third-order valence-electron chi connectivity index (χ3n) is 1.73. The molecule has 1 unspecified atom stereocenters. The van der Waals surface area contributed by atoms with Gasteiger partial charge in [-0.15, -0.1) is 6.58 Å². The third-order valence-corrected chi connectivity index (χ3v) is 1.73. The van der Waals surface area contributed by atoms with Crippen LogP contribution in [0.2, 0.25) is 0 Å². The Morgan fingerprint density at radius 2 is 2.00 bits per heavy atom. The quantitative estimate of drug-likeness (QED) is 0.698. The highest BCUT2D eigenvalue weighted by Gasteiger charge is 2.26. The molecule has 0 heterocycles. The van der Waals surface area contributed by atoms with Crippen molar-refractivity contribution in [3.05, 3.63) is 12.7 Å². The van der Waals surface area contributed by atoms with Crippen molar-refractivity contribution in [3.8, 4) is 0 Å². The Hall–Kier alpha value is -1.13. The van der Waals surface area contributed by atoms with Gasteiger partial charge in [0.05, 0.1) is 0 Å². The summed E-state index contributed by atoms with van der Waals surface area (Å²) >= 11 is 0. The van der Waals surface area contributed by atoms with Crippen LogP contribution >= 0.6 is 0 Å². The Kier molecular flexibility index (Phi) is 10.8. The molecule has 0 radical (unpaired) electrons. The van der Waals surface area contributed by atoms with Crippen LogP contribution in [-0.4, -0.2) is 24.5 Å². The summed E-state index contributed by atoms with van der Waals surface area (Å²) in [6, 6.07) is -0.998. The molecule has 0 aliphatic carbocycles. The molecular weight excluding hydrogens is 226 g/mol. The summed E-state index contributed by atoms with van der Waals surface area (Å²) in [5.41, 5.74) is 0. The molecule has 2 amide bonds. The molecule has 0 bridgehead atoms. The Labute approximate surface area is 103 Å². The van der Waals surface area contributed by atoms with Crippen molar-refractivity contribution in [3.63, 3.8) is 0 Å². The Balaban J connectivity index is 0. The van der Waals surface area contributed by atoms with Gasteiger partial charge in [-0.2, -0.15) is 0 Å². The van der Waals surface area contributed by atoms with Crippen molar-refractivity contribution in [2.75, 3.05) is 6.54 Å². The van der Waals surface area contributed by atoms with E-state index in [1.54, 1.807) is 6.92 Å². The van der Waals surface area contributed by atoms with E-state index in [9.17, 15) is 13.6 Å². The van der Waals surface area contributed by atoms with E-state index in [1.165, 1.54) is 6.08 Å². The van der Waals surface area contributed by atoms with E-state index in [4.69, 9.17) is 0 Å². The minimum atomic E-state index is -2.78. The van der Waals surface area contributed by atoms with Gasteiger partial charge in [-0.3, -0.25) is 0 Å². The van der Waals surface area contributed by atoms with Gasteiger partial charge in [-0.25, -0.2) is 13.6 Å². The first kappa shape index (κ1) is 18.2. The van der Waals surface area contributed by atoms with Gasteiger partial charge in [0.15, 0.2) is 0 Å². The van der Waals surface area contributed by atoms with E-state index in [1.807, 2.05) is 13.8 Å². The van der Waals surface area contributed by atoms with Gasteiger partial charge in [0, 0.05) is 19.0 Å². The van der Waals surface area contributed by atoms with Crippen LogP contribution in [0.4, 0.5) is 13.6 Å². The smallest absolute Gasteiger partial charge is 0.315 e. The highest BCUT2D eigenvalue weighted by molar-refractivity contribution is 5.74. The fourth-order valence-electron chi connectivity index (χ4n) is 1.22. The van der Waals surface area contributed by atoms with Crippen LogP contribution in [0.5, 0.6) is 0 Å². The maximum absolute atomic E-state index is 12.7. The van der Waals surface area contributed by atoms with Gasteiger partial charge in [0.25, 0.3) is 0 Å². The summed E-state index contributed by atoms with van der Waals surface area (Å²) in [7, 11) is 0. The number of hydrogen-bond acceptors (Lipinski definition) is 1. The molecule has 2 N–H and O–H groups in total. The normalized spacial score (nSPS) is 11.9. The average molecular weight is 250 g/mol. The van der Waals surface area contributed by atoms with Gasteiger partial charge in [0.2, 0.25) is 5.92 Å². The number of alkyl halides is 2. The number of carbonyl (C=O) groups is 1. The molecule has 0 saturated heterocycles. The Bertz CT molecular complexity index is 215. The van der Waals surface area contributed by atoms with Crippen molar-refractivity contribution in [2.24, 2.45) is 0 Å². The fraction of sp³-hybridized carbons (Fsp3) is 0.750. The minimum absolute atomic E-state index is 0.334. The van der Waals surface area contributed by atoms with Crippen molar-refractivity contribution < 1.29 is 13.6 Å². The highest BCUT2D eigenvalue weighted by atomic mass is 19.3. The molecule has 0 fully saturated rings. The third kappa shape index (κ3) is 12.8. The second-order valence-electron chi connectivity index (χ2n) is 3.50. The first-order valence-corrected chi connectivity index (χ1v) is 5.92. The van der Waals surface area contributed by atoms with Crippen LogP contribution in [0, 0.1) is 0 Å². The molecule has 0 aromatic rings. The lowest BCUT2D eigenvalue weighted by molar-refractivity contribution is 0.00423.